The monoisotopic (exact) mass is 369 g/mol. The summed E-state index contributed by atoms with van der Waals surface area (Å²) in [6, 6.07) is 9.22. The van der Waals surface area contributed by atoms with Gasteiger partial charge in [0.1, 0.15) is 6.10 Å². The molecule has 0 aliphatic heterocycles. The summed E-state index contributed by atoms with van der Waals surface area (Å²) in [6.45, 7) is 0.557. The molecule has 0 aliphatic carbocycles. The average Bonchev–Trinajstić information content (AvgIpc) is 3.01. The Morgan fingerprint density at radius 2 is 2.19 bits per heavy atom. The van der Waals surface area contributed by atoms with Crippen molar-refractivity contribution in [1.29, 1.82) is 0 Å². The Morgan fingerprint density at radius 3 is 2.86 bits per heavy atom. The van der Waals surface area contributed by atoms with Gasteiger partial charge in [-0.05, 0) is 50.5 Å². The molecule has 0 radical (unpaired) electrons. The third-order valence-electron chi connectivity index (χ3n) is 2.89. The van der Waals surface area contributed by atoms with E-state index in [0.717, 1.165) is 10.0 Å². The molecule has 4 nitrogen and oxygen atoms in total. The number of hydrogen-bond donors (Lipinski definition) is 2. The normalized spacial score (nSPS) is 12.1. The van der Waals surface area contributed by atoms with Crippen molar-refractivity contribution < 1.29 is 14.6 Å². The number of amides is 1. The van der Waals surface area contributed by atoms with Crippen LogP contribution in [0.1, 0.15) is 22.0 Å². The molecular formula is C15H16BrNO3S. The highest BCUT2D eigenvalue weighted by Gasteiger charge is 2.15. The first-order valence-corrected chi connectivity index (χ1v) is 8.23. The smallest absolute Gasteiger partial charge is 0.252 e. The minimum atomic E-state index is -0.255. The van der Waals surface area contributed by atoms with Gasteiger partial charge in [-0.2, -0.15) is 11.3 Å². The van der Waals surface area contributed by atoms with Crippen LogP contribution in [0.25, 0.3) is 0 Å². The molecule has 0 saturated carbocycles. The molecule has 1 aromatic carbocycles. The van der Waals surface area contributed by atoms with E-state index in [9.17, 15) is 4.79 Å². The Labute approximate surface area is 135 Å². The van der Waals surface area contributed by atoms with Gasteiger partial charge in [0.2, 0.25) is 0 Å². The van der Waals surface area contributed by atoms with Crippen LogP contribution in [0.2, 0.25) is 0 Å². The van der Waals surface area contributed by atoms with Gasteiger partial charge in [0, 0.05) is 11.0 Å². The molecule has 0 spiro atoms. The third kappa shape index (κ3) is 4.64. The molecule has 2 N–H and O–H groups in total. The molecule has 1 aromatic heterocycles. The van der Waals surface area contributed by atoms with Gasteiger partial charge in [-0.25, -0.2) is 0 Å². The molecule has 2 rings (SSSR count). The van der Waals surface area contributed by atoms with E-state index in [-0.39, 0.29) is 25.2 Å². The van der Waals surface area contributed by atoms with Crippen molar-refractivity contribution >= 4 is 33.2 Å². The average molecular weight is 370 g/mol. The first-order valence-electron chi connectivity index (χ1n) is 6.49. The molecule has 6 heteroatoms. The van der Waals surface area contributed by atoms with E-state index in [1.54, 1.807) is 17.4 Å². The van der Waals surface area contributed by atoms with Crippen molar-refractivity contribution in [3.05, 3.63) is 56.7 Å². The van der Waals surface area contributed by atoms with Gasteiger partial charge in [-0.15, -0.1) is 0 Å². The number of carbonyl (C=O) groups is 1. The maximum atomic E-state index is 12.2. The van der Waals surface area contributed by atoms with Gasteiger partial charge >= 0.3 is 0 Å². The standard InChI is InChI=1S/C15H16BrNO3S/c16-13-4-2-1-3-12(13)15(19)17-9-14(20-7-6-18)11-5-8-21-10-11/h1-5,8,10,14,18H,6-7,9H2,(H,17,19)/t14-/m1/s1. The zero-order chi connectivity index (χ0) is 15.1. The van der Waals surface area contributed by atoms with Crippen LogP contribution in [-0.4, -0.2) is 30.8 Å². The molecule has 21 heavy (non-hydrogen) atoms. The van der Waals surface area contributed by atoms with Crippen LogP contribution in [0.15, 0.2) is 45.6 Å². The zero-order valence-corrected chi connectivity index (χ0v) is 13.7. The van der Waals surface area contributed by atoms with E-state index in [4.69, 9.17) is 9.84 Å². The van der Waals surface area contributed by atoms with E-state index in [2.05, 4.69) is 21.2 Å². The highest BCUT2D eigenvalue weighted by atomic mass is 79.9. The fraction of sp³-hybridized carbons (Fsp3) is 0.267. The van der Waals surface area contributed by atoms with Crippen molar-refractivity contribution in [3.63, 3.8) is 0 Å². The van der Waals surface area contributed by atoms with Crippen LogP contribution in [0, 0.1) is 0 Å². The molecule has 0 fully saturated rings. The molecule has 0 aliphatic rings. The van der Waals surface area contributed by atoms with Gasteiger partial charge in [0.15, 0.2) is 0 Å². The van der Waals surface area contributed by atoms with Crippen molar-refractivity contribution in [2.45, 2.75) is 6.10 Å². The summed E-state index contributed by atoms with van der Waals surface area (Å²) in [6.07, 6.45) is -0.255. The molecule has 0 saturated heterocycles. The predicted octanol–water partition coefficient (Wildman–Crippen LogP) is 2.99. The van der Waals surface area contributed by atoms with Gasteiger partial charge in [-0.3, -0.25) is 4.79 Å². The molecular weight excluding hydrogens is 354 g/mol. The van der Waals surface area contributed by atoms with Crippen molar-refractivity contribution in [2.24, 2.45) is 0 Å². The van der Waals surface area contributed by atoms with Crippen LogP contribution in [-0.2, 0) is 4.74 Å². The minimum absolute atomic E-state index is 0.0428. The number of halogens is 1. The summed E-state index contributed by atoms with van der Waals surface area (Å²) < 4.78 is 6.34. The number of aliphatic hydroxyl groups is 1. The SMILES string of the molecule is O=C(NC[C@@H](OCCO)c1ccsc1)c1ccccc1Br. The number of benzene rings is 1. The van der Waals surface area contributed by atoms with Crippen molar-refractivity contribution in [1.82, 2.24) is 5.32 Å². The fourth-order valence-electron chi connectivity index (χ4n) is 1.85. The van der Waals surface area contributed by atoms with Crippen LogP contribution in [0.5, 0.6) is 0 Å². The first-order chi connectivity index (χ1) is 10.2. The van der Waals surface area contributed by atoms with E-state index >= 15 is 0 Å². The second-order valence-corrected chi connectivity index (χ2v) is 5.96. The minimum Gasteiger partial charge on any atom is -0.394 e. The highest BCUT2D eigenvalue weighted by molar-refractivity contribution is 9.10. The molecule has 1 heterocycles. The van der Waals surface area contributed by atoms with E-state index < -0.39 is 0 Å². The summed E-state index contributed by atoms with van der Waals surface area (Å²) in [5.74, 6) is -0.157. The maximum absolute atomic E-state index is 12.2. The second kappa shape index (κ2) is 8.29. The summed E-state index contributed by atoms with van der Waals surface area (Å²) in [4.78, 5) is 12.2. The van der Waals surface area contributed by atoms with Crippen LogP contribution in [0.3, 0.4) is 0 Å². The van der Waals surface area contributed by atoms with Gasteiger partial charge in [-0.1, -0.05) is 12.1 Å². The quantitative estimate of drug-likeness (QED) is 0.788. The molecule has 1 amide bonds. The predicted molar refractivity (Wildman–Crippen MR) is 86.6 cm³/mol. The first kappa shape index (κ1) is 16.2. The Kier molecular flexibility index (Phi) is 6.38. The number of thiophene rings is 1. The lowest BCUT2D eigenvalue weighted by molar-refractivity contribution is 0.0279. The summed E-state index contributed by atoms with van der Waals surface area (Å²) in [5.41, 5.74) is 1.59. The maximum Gasteiger partial charge on any atom is 0.252 e. The number of aliphatic hydroxyl groups excluding tert-OH is 1. The molecule has 112 valence electrons. The lowest BCUT2D eigenvalue weighted by Gasteiger charge is -2.17. The summed E-state index contributed by atoms with van der Waals surface area (Å²) >= 11 is 4.93. The lowest BCUT2D eigenvalue weighted by Crippen LogP contribution is -2.30. The largest absolute Gasteiger partial charge is 0.394 e. The van der Waals surface area contributed by atoms with E-state index in [1.807, 2.05) is 35.0 Å². The Balaban J connectivity index is 1.98. The number of nitrogens with one attached hydrogen (secondary N) is 1. The van der Waals surface area contributed by atoms with Gasteiger partial charge in [0.25, 0.3) is 5.91 Å². The fourth-order valence-corrected chi connectivity index (χ4v) is 3.02. The summed E-state index contributed by atoms with van der Waals surface area (Å²) in [5, 5.41) is 15.7. The topological polar surface area (TPSA) is 58.6 Å². The van der Waals surface area contributed by atoms with Crippen LogP contribution >= 0.6 is 27.3 Å². The summed E-state index contributed by atoms with van der Waals surface area (Å²) in [7, 11) is 0. The lowest BCUT2D eigenvalue weighted by atomic mass is 10.1. The third-order valence-corrected chi connectivity index (χ3v) is 4.28. The van der Waals surface area contributed by atoms with Crippen LogP contribution < -0.4 is 5.32 Å². The molecule has 1 atom stereocenters. The zero-order valence-electron chi connectivity index (χ0n) is 11.3. The molecule has 0 unspecified atom stereocenters. The van der Waals surface area contributed by atoms with E-state index in [0.29, 0.717) is 12.1 Å². The molecule has 2 aromatic rings. The van der Waals surface area contributed by atoms with Gasteiger partial charge < -0.3 is 15.2 Å². The second-order valence-electron chi connectivity index (χ2n) is 4.33. The highest BCUT2D eigenvalue weighted by Crippen LogP contribution is 2.20. The van der Waals surface area contributed by atoms with E-state index in [1.165, 1.54) is 0 Å². The Hall–Kier alpha value is -1.21. The number of rotatable bonds is 7. The van der Waals surface area contributed by atoms with Crippen molar-refractivity contribution in [3.8, 4) is 0 Å². The van der Waals surface area contributed by atoms with Crippen LogP contribution in [0.4, 0.5) is 0 Å². The Morgan fingerprint density at radius 1 is 1.38 bits per heavy atom. The number of hydrogen-bond acceptors (Lipinski definition) is 4. The van der Waals surface area contributed by atoms with Crippen molar-refractivity contribution in [2.75, 3.05) is 19.8 Å². The number of ether oxygens (including phenoxy) is 1. The number of carbonyl (C=O) groups excluding carboxylic acids is 1. The Bertz CT molecular complexity index is 574. The van der Waals surface area contributed by atoms with Gasteiger partial charge in [0.05, 0.1) is 18.8 Å². The molecule has 0 bridgehead atoms.